The van der Waals surface area contributed by atoms with E-state index in [4.69, 9.17) is 5.26 Å². The van der Waals surface area contributed by atoms with Crippen LogP contribution in [0.1, 0.15) is 39.0 Å². The van der Waals surface area contributed by atoms with Crippen LogP contribution in [0, 0.1) is 40.9 Å². The first kappa shape index (κ1) is 11.1. The molecule has 0 spiro atoms. The lowest BCUT2D eigenvalue weighted by Crippen LogP contribution is -2.56. The second-order valence-corrected chi connectivity index (χ2v) is 6.32. The Balaban J connectivity index is 1.69. The largest absolute Gasteiger partial charge is 0.352 e. The van der Waals surface area contributed by atoms with Crippen molar-refractivity contribution in [3.05, 3.63) is 0 Å². The minimum absolute atomic E-state index is 0.0648. The van der Waals surface area contributed by atoms with Gasteiger partial charge in [0.1, 0.15) is 5.92 Å². The van der Waals surface area contributed by atoms with Gasteiger partial charge in [0.15, 0.2) is 0 Å². The number of hydrogen-bond donors (Lipinski definition) is 1. The summed E-state index contributed by atoms with van der Waals surface area (Å²) >= 11 is 0. The number of hydrogen-bond acceptors (Lipinski definition) is 2. The molecule has 4 saturated carbocycles. The summed E-state index contributed by atoms with van der Waals surface area (Å²) in [7, 11) is 0. The fourth-order valence-electron chi connectivity index (χ4n) is 4.51. The molecule has 0 aliphatic heterocycles. The van der Waals surface area contributed by atoms with Gasteiger partial charge in [-0.2, -0.15) is 5.26 Å². The molecule has 4 aliphatic rings. The molecule has 1 unspecified atom stereocenters. The predicted molar refractivity (Wildman–Crippen MR) is 63.8 cm³/mol. The third-order valence-electron chi connectivity index (χ3n) is 5.12. The van der Waals surface area contributed by atoms with Gasteiger partial charge in [0.05, 0.1) is 6.07 Å². The first-order valence-electron chi connectivity index (χ1n) is 6.87. The first-order valence-corrected chi connectivity index (χ1v) is 6.87. The van der Waals surface area contributed by atoms with Gasteiger partial charge in [-0.25, -0.2) is 0 Å². The zero-order chi connectivity index (χ0) is 12.0. The summed E-state index contributed by atoms with van der Waals surface area (Å²) in [6.07, 6.45) is 6.65. The van der Waals surface area contributed by atoms with E-state index in [2.05, 4.69) is 5.32 Å². The van der Waals surface area contributed by atoms with E-state index in [0.717, 1.165) is 11.8 Å². The lowest BCUT2D eigenvalue weighted by molar-refractivity contribution is -0.126. The highest BCUT2D eigenvalue weighted by atomic mass is 16.1. The van der Waals surface area contributed by atoms with Gasteiger partial charge in [-0.3, -0.25) is 4.79 Å². The average Bonchev–Trinajstić information content (AvgIpc) is 2.31. The predicted octanol–water partition coefficient (Wildman–Crippen LogP) is 2.09. The Hall–Kier alpha value is -1.04. The summed E-state index contributed by atoms with van der Waals surface area (Å²) in [5, 5.41) is 11.9. The van der Waals surface area contributed by atoms with Gasteiger partial charge in [-0.15, -0.1) is 0 Å². The van der Waals surface area contributed by atoms with Crippen LogP contribution >= 0.6 is 0 Å². The van der Waals surface area contributed by atoms with Crippen LogP contribution in [-0.2, 0) is 4.79 Å². The first-order chi connectivity index (χ1) is 8.17. The van der Waals surface area contributed by atoms with Gasteiger partial charge in [0.25, 0.3) is 0 Å². The van der Waals surface area contributed by atoms with Gasteiger partial charge in [0.2, 0.25) is 5.91 Å². The van der Waals surface area contributed by atoms with Crippen molar-refractivity contribution in [3.8, 4) is 6.07 Å². The molecule has 0 saturated heterocycles. The van der Waals surface area contributed by atoms with Crippen molar-refractivity contribution in [2.45, 2.75) is 45.1 Å². The molecule has 0 aromatic carbocycles. The highest BCUT2D eigenvalue weighted by molar-refractivity contribution is 5.81. The molecule has 0 aromatic heterocycles. The number of amides is 1. The maximum Gasteiger partial charge on any atom is 0.237 e. The average molecular weight is 232 g/mol. The van der Waals surface area contributed by atoms with Crippen LogP contribution in [0.5, 0.6) is 0 Å². The third kappa shape index (κ3) is 1.84. The van der Waals surface area contributed by atoms with E-state index in [1.54, 1.807) is 6.92 Å². The highest BCUT2D eigenvalue weighted by Crippen LogP contribution is 2.53. The van der Waals surface area contributed by atoms with Crippen LogP contribution < -0.4 is 5.32 Å². The van der Waals surface area contributed by atoms with E-state index in [1.807, 2.05) is 6.07 Å². The number of nitrogens with zero attached hydrogens (tertiary/aromatic N) is 1. The van der Waals surface area contributed by atoms with E-state index < -0.39 is 5.92 Å². The molecule has 0 aromatic rings. The number of carbonyl (C=O) groups excluding carboxylic acids is 1. The second kappa shape index (κ2) is 4.01. The molecule has 92 valence electrons. The zero-order valence-electron chi connectivity index (χ0n) is 10.4. The molecule has 3 heteroatoms. The van der Waals surface area contributed by atoms with Crippen molar-refractivity contribution >= 4 is 5.91 Å². The summed E-state index contributed by atoms with van der Waals surface area (Å²) in [5.41, 5.74) is 0. The molecule has 3 nitrogen and oxygen atoms in total. The number of rotatable bonds is 2. The fraction of sp³-hybridized carbons (Fsp3) is 0.857. The lowest BCUT2D eigenvalue weighted by atomic mass is 9.54. The van der Waals surface area contributed by atoms with Crippen molar-refractivity contribution in [3.63, 3.8) is 0 Å². The van der Waals surface area contributed by atoms with Crippen molar-refractivity contribution in [2.24, 2.45) is 29.6 Å². The molecule has 1 amide bonds. The Bertz CT molecular complexity index is 343. The monoisotopic (exact) mass is 232 g/mol. The summed E-state index contributed by atoms with van der Waals surface area (Å²) in [4.78, 5) is 11.8. The Morgan fingerprint density at radius 2 is 1.71 bits per heavy atom. The van der Waals surface area contributed by atoms with Crippen LogP contribution in [0.15, 0.2) is 0 Å². The van der Waals surface area contributed by atoms with E-state index in [-0.39, 0.29) is 5.91 Å². The van der Waals surface area contributed by atoms with Gasteiger partial charge in [-0.1, -0.05) is 0 Å². The minimum Gasteiger partial charge on any atom is -0.352 e. The smallest absolute Gasteiger partial charge is 0.237 e. The molecule has 4 bridgehead atoms. The van der Waals surface area contributed by atoms with Crippen LogP contribution in [0.25, 0.3) is 0 Å². The van der Waals surface area contributed by atoms with E-state index >= 15 is 0 Å². The van der Waals surface area contributed by atoms with Crippen molar-refractivity contribution in [1.82, 2.24) is 5.32 Å². The normalized spacial score (nSPS) is 44.1. The second-order valence-electron chi connectivity index (χ2n) is 6.32. The van der Waals surface area contributed by atoms with Crippen LogP contribution in [0.4, 0.5) is 0 Å². The molecule has 4 rings (SSSR count). The summed E-state index contributed by atoms with van der Waals surface area (Å²) in [5.74, 6) is 2.68. The Morgan fingerprint density at radius 3 is 2.18 bits per heavy atom. The molecule has 1 atom stereocenters. The van der Waals surface area contributed by atoms with Gasteiger partial charge in [-0.05, 0) is 62.7 Å². The Labute approximate surface area is 103 Å². The molecular formula is C14H20N2O. The number of nitrogens with one attached hydrogen (secondary N) is 1. The van der Waals surface area contributed by atoms with Crippen LogP contribution in [0.3, 0.4) is 0 Å². The molecule has 17 heavy (non-hydrogen) atoms. The Morgan fingerprint density at radius 1 is 1.18 bits per heavy atom. The molecule has 4 fully saturated rings. The zero-order valence-corrected chi connectivity index (χ0v) is 10.4. The molecule has 4 aliphatic carbocycles. The van der Waals surface area contributed by atoms with Gasteiger partial charge in [0, 0.05) is 6.04 Å². The SMILES string of the molecule is CC(C#N)C(=O)NC1C2CC3CC(C2)CC1C3. The lowest BCUT2D eigenvalue weighted by Gasteiger charge is -2.54. The fourth-order valence-corrected chi connectivity index (χ4v) is 4.51. The topological polar surface area (TPSA) is 52.9 Å². The minimum atomic E-state index is -0.507. The van der Waals surface area contributed by atoms with E-state index in [1.165, 1.54) is 32.1 Å². The maximum absolute atomic E-state index is 11.8. The van der Waals surface area contributed by atoms with Gasteiger partial charge < -0.3 is 5.32 Å². The molecule has 1 N–H and O–H groups in total. The van der Waals surface area contributed by atoms with Crippen molar-refractivity contribution < 1.29 is 4.79 Å². The van der Waals surface area contributed by atoms with Crippen LogP contribution in [0.2, 0.25) is 0 Å². The van der Waals surface area contributed by atoms with Crippen molar-refractivity contribution in [1.29, 1.82) is 5.26 Å². The highest BCUT2D eigenvalue weighted by Gasteiger charge is 2.48. The quantitative estimate of drug-likeness (QED) is 0.792. The van der Waals surface area contributed by atoms with Crippen molar-refractivity contribution in [2.75, 3.05) is 0 Å². The Kier molecular flexibility index (Phi) is 2.61. The molecule has 0 radical (unpaired) electrons. The van der Waals surface area contributed by atoms with E-state index in [0.29, 0.717) is 17.9 Å². The van der Waals surface area contributed by atoms with Gasteiger partial charge >= 0.3 is 0 Å². The molecule has 0 heterocycles. The third-order valence-corrected chi connectivity index (χ3v) is 5.12. The summed E-state index contributed by atoms with van der Waals surface area (Å²) in [6.45, 7) is 1.69. The summed E-state index contributed by atoms with van der Waals surface area (Å²) < 4.78 is 0. The number of nitriles is 1. The summed E-state index contributed by atoms with van der Waals surface area (Å²) in [6, 6.07) is 2.39. The maximum atomic E-state index is 11.8. The standard InChI is InChI=1S/C14H20N2O/c1-8(7-15)14(17)16-13-11-3-9-2-10(5-11)6-12(13)4-9/h8-13H,2-6H2,1H3,(H,16,17). The van der Waals surface area contributed by atoms with E-state index in [9.17, 15) is 4.79 Å². The van der Waals surface area contributed by atoms with Crippen LogP contribution in [-0.4, -0.2) is 11.9 Å². The number of carbonyl (C=O) groups is 1. The molecular weight excluding hydrogens is 212 g/mol.